The molecule has 1 saturated carbocycles. The molecule has 0 spiro atoms. The Morgan fingerprint density at radius 3 is 2.71 bits per heavy atom. The molecule has 0 aromatic carbocycles. The van der Waals surface area contributed by atoms with E-state index in [0.29, 0.717) is 5.92 Å². The van der Waals surface area contributed by atoms with Crippen LogP contribution in [0.15, 0.2) is 12.1 Å². The van der Waals surface area contributed by atoms with Gasteiger partial charge in [-0.05, 0) is 25.0 Å². The lowest BCUT2D eigenvalue weighted by molar-refractivity contribution is -0.130. The molecule has 7 heteroatoms. The first-order valence-electron chi connectivity index (χ1n) is 7.34. The third kappa shape index (κ3) is 2.03. The van der Waals surface area contributed by atoms with E-state index < -0.39 is 0 Å². The number of hydrogen-bond acceptors (Lipinski definition) is 5. The number of rotatable bonds is 3. The van der Waals surface area contributed by atoms with Crippen LogP contribution in [-0.2, 0) is 4.79 Å². The Morgan fingerprint density at radius 1 is 1.29 bits per heavy atom. The molecule has 0 unspecified atom stereocenters. The SMILES string of the molecule is CC(=O)N(C)C1CN(c2ccc3nnc(C4CC4)n3n2)C1. The minimum absolute atomic E-state index is 0.109. The Balaban J connectivity index is 1.55. The van der Waals surface area contributed by atoms with Gasteiger partial charge in [-0.1, -0.05) is 0 Å². The largest absolute Gasteiger partial charge is 0.351 e. The second-order valence-electron chi connectivity index (χ2n) is 5.98. The fourth-order valence-electron chi connectivity index (χ4n) is 2.71. The highest BCUT2D eigenvalue weighted by atomic mass is 16.2. The van der Waals surface area contributed by atoms with E-state index in [0.717, 1.165) is 30.4 Å². The zero-order chi connectivity index (χ0) is 14.6. The van der Waals surface area contributed by atoms with E-state index in [2.05, 4.69) is 20.2 Å². The van der Waals surface area contributed by atoms with Crippen LogP contribution < -0.4 is 4.90 Å². The predicted molar refractivity (Wildman–Crippen MR) is 77.2 cm³/mol. The fourth-order valence-corrected chi connectivity index (χ4v) is 2.71. The summed E-state index contributed by atoms with van der Waals surface area (Å²) in [4.78, 5) is 15.3. The van der Waals surface area contributed by atoms with Crippen LogP contribution in [-0.4, -0.2) is 56.8 Å². The van der Waals surface area contributed by atoms with Gasteiger partial charge in [-0.25, -0.2) is 0 Å². The normalized spacial score (nSPS) is 18.9. The molecule has 0 bridgehead atoms. The molecule has 1 amide bonds. The third-order valence-corrected chi connectivity index (χ3v) is 4.45. The lowest BCUT2D eigenvalue weighted by atomic mass is 10.1. The number of carbonyl (C=O) groups excluding carboxylic acids is 1. The second kappa shape index (κ2) is 4.41. The lowest BCUT2D eigenvalue weighted by Crippen LogP contribution is -2.59. The molecule has 0 N–H and O–H groups in total. The maximum Gasteiger partial charge on any atom is 0.219 e. The molecule has 0 atom stereocenters. The monoisotopic (exact) mass is 286 g/mol. The van der Waals surface area contributed by atoms with Crippen LogP contribution in [0.3, 0.4) is 0 Å². The lowest BCUT2D eigenvalue weighted by Gasteiger charge is -2.44. The number of carbonyl (C=O) groups is 1. The zero-order valence-corrected chi connectivity index (χ0v) is 12.2. The number of hydrogen-bond donors (Lipinski definition) is 0. The Labute approximate surface area is 122 Å². The van der Waals surface area contributed by atoms with Gasteiger partial charge < -0.3 is 9.80 Å². The van der Waals surface area contributed by atoms with Gasteiger partial charge >= 0.3 is 0 Å². The van der Waals surface area contributed by atoms with Crippen LogP contribution in [0.4, 0.5) is 5.82 Å². The summed E-state index contributed by atoms with van der Waals surface area (Å²) in [5.74, 6) is 2.54. The molecule has 0 radical (unpaired) electrons. The van der Waals surface area contributed by atoms with Gasteiger partial charge in [0.25, 0.3) is 0 Å². The van der Waals surface area contributed by atoms with E-state index >= 15 is 0 Å². The van der Waals surface area contributed by atoms with Crippen molar-refractivity contribution in [2.45, 2.75) is 31.7 Å². The van der Waals surface area contributed by atoms with Crippen molar-refractivity contribution < 1.29 is 4.79 Å². The van der Waals surface area contributed by atoms with Crippen LogP contribution in [0.25, 0.3) is 5.65 Å². The Morgan fingerprint density at radius 2 is 2.05 bits per heavy atom. The molecule has 1 saturated heterocycles. The van der Waals surface area contributed by atoms with Gasteiger partial charge in [0.2, 0.25) is 5.91 Å². The van der Waals surface area contributed by atoms with E-state index in [1.807, 2.05) is 23.7 Å². The van der Waals surface area contributed by atoms with Crippen molar-refractivity contribution in [2.24, 2.45) is 0 Å². The van der Waals surface area contributed by atoms with Crippen molar-refractivity contribution in [2.75, 3.05) is 25.0 Å². The van der Waals surface area contributed by atoms with Gasteiger partial charge in [0.1, 0.15) is 5.82 Å². The topological polar surface area (TPSA) is 66.6 Å². The van der Waals surface area contributed by atoms with Crippen molar-refractivity contribution in [1.82, 2.24) is 24.7 Å². The molecule has 21 heavy (non-hydrogen) atoms. The molecule has 2 fully saturated rings. The van der Waals surface area contributed by atoms with E-state index in [9.17, 15) is 4.79 Å². The van der Waals surface area contributed by atoms with Crippen LogP contribution >= 0.6 is 0 Å². The van der Waals surface area contributed by atoms with Gasteiger partial charge in [0, 0.05) is 33.0 Å². The molecule has 3 heterocycles. The van der Waals surface area contributed by atoms with Crippen molar-refractivity contribution in [3.8, 4) is 0 Å². The highest BCUT2D eigenvalue weighted by molar-refractivity contribution is 5.73. The minimum atomic E-state index is 0.109. The van der Waals surface area contributed by atoms with Crippen molar-refractivity contribution in [3.63, 3.8) is 0 Å². The summed E-state index contributed by atoms with van der Waals surface area (Å²) in [6.45, 7) is 3.26. The van der Waals surface area contributed by atoms with Crippen LogP contribution in [0.1, 0.15) is 31.5 Å². The Kier molecular flexibility index (Phi) is 2.63. The molecule has 4 rings (SSSR count). The fraction of sp³-hybridized carbons (Fsp3) is 0.571. The van der Waals surface area contributed by atoms with Gasteiger partial charge in [0.05, 0.1) is 6.04 Å². The predicted octanol–water partition coefficient (Wildman–Crippen LogP) is 0.669. The number of anilines is 1. The molecule has 2 aromatic rings. The summed E-state index contributed by atoms with van der Waals surface area (Å²) < 4.78 is 1.87. The van der Waals surface area contributed by atoms with Gasteiger partial charge in [-0.15, -0.1) is 15.3 Å². The molecule has 1 aliphatic heterocycles. The van der Waals surface area contributed by atoms with Gasteiger partial charge in [-0.3, -0.25) is 4.79 Å². The molecule has 7 nitrogen and oxygen atoms in total. The molecule has 1 aliphatic carbocycles. The molecular formula is C14H18N6O. The van der Waals surface area contributed by atoms with Crippen molar-refractivity contribution in [1.29, 1.82) is 0 Å². The number of likely N-dealkylation sites (N-methyl/N-ethyl adjacent to an activating group) is 1. The van der Waals surface area contributed by atoms with Crippen LogP contribution in [0, 0.1) is 0 Å². The molecular weight excluding hydrogens is 268 g/mol. The average molecular weight is 286 g/mol. The summed E-state index contributed by atoms with van der Waals surface area (Å²) in [7, 11) is 1.85. The first-order chi connectivity index (χ1) is 10.1. The summed E-state index contributed by atoms with van der Waals surface area (Å²) in [6, 6.07) is 4.22. The molecule has 110 valence electrons. The van der Waals surface area contributed by atoms with E-state index in [1.165, 1.54) is 12.8 Å². The standard InChI is InChI=1S/C14H18N6O/c1-9(21)18(2)11-7-19(8-11)13-6-5-12-15-16-14(10-3-4-10)20(12)17-13/h5-6,10-11H,3-4,7-8H2,1-2H3. The Hall–Kier alpha value is -2.18. The van der Waals surface area contributed by atoms with E-state index in [4.69, 9.17) is 0 Å². The maximum absolute atomic E-state index is 11.4. The number of amides is 1. The van der Waals surface area contributed by atoms with Gasteiger partial charge in [-0.2, -0.15) is 4.52 Å². The van der Waals surface area contributed by atoms with Gasteiger partial charge in [0.15, 0.2) is 11.5 Å². The second-order valence-corrected chi connectivity index (χ2v) is 5.98. The highest BCUT2D eigenvalue weighted by Gasteiger charge is 2.33. The number of fused-ring (bicyclic) bond motifs is 1. The number of aromatic nitrogens is 4. The first kappa shape index (κ1) is 12.6. The zero-order valence-electron chi connectivity index (χ0n) is 12.2. The highest BCUT2D eigenvalue weighted by Crippen LogP contribution is 2.38. The van der Waals surface area contributed by atoms with Crippen LogP contribution in [0.2, 0.25) is 0 Å². The molecule has 2 aliphatic rings. The smallest absolute Gasteiger partial charge is 0.219 e. The summed E-state index contributed by atoms with van der Waals surface area (Å²) >= 11 is 0. The number of nitrogens with zero attached hydrogens (tertiary/aromatic N) is 6. The summed E-state index contributed by atoms with van der Waals surface area (Å²) in [6.07, 6.45) is 2.36. The molecule has 2 aromatic heterocycles. The third-order valence-electron chi connectivity index (χ3n) is 4.45. The minimum Gasteiger partial charge on any atom is -0.351 e. The average Bonchev–Trinajstić information content (AvgIpc) is 3.17. The van der Waals surface area contributed by atoms with E-state index in [1.54, 1.807) is 11.8 Å². The quantitative estimate of drug-likeness (QED) is 0.829. The maximum atomic E-state index is 11.4. The van der Waals surface area contributed by atoms with Crippen molar-refractivity contribution in [3.05, 3.63) is 18.0 Å². The first-order valence-corrected chi connectivity index (χ1v) is 7.34. The van der Waals surface area contributed by atoms with Crippen molar-refractivity contribution >= 4 is 17.4 Å². The summed E-state index contributed by atoms with van der Waals surface area (Å²) in [5.41, 5.74) is 0.804. The summed E-state index contributed by atoms with van der Waals surface area (Å²) in [5, 5.41) is 13.1. The van der Waals surface area contributed by atoms with E-state index in [-0.39, 0.29) is 11.9 Å². The van der Waals surface area contributed by atoms with Crippen LogP contribution in [0.5, 0.6) is 0 Å². The Bertz CT molecular complexity index is 701.